The third-order valence-electron chi connectivity index (χ3n) is 5.56. The average molecular weight is 399 g/mol. The average Bonchev–Trinajstić information content (AvgIpc) is 3.56. The molecule has 1 amide bonds. The molecule has 2 aromatic rings. The number of benzene rings is 2. The molecule has 6 nitrogen and oxygen atoms in total. The molecule has 0 aromatic heterocycles. The van der Waals surface area contributed by atoms with Gasteiger partial charge in [-0.3, -0.25) is 4.79 Å². The van der Waals surface area contributed by atoms with Crippen molar-refractivity contribution in [1.82, 2.24) is 5.32 Å². The van der Waals surface area contributed by atoms with Crippen LogP contribution in [-0.4, -0.2) is 40.9 Å². The third kappa shape index (κ3) is 4.75. The van der Waals surface area contributed by atoms with Gasteiger partial charge in [0, 0.05) is 18.4 Å². The normalized spacial score (nSPS) is 14.1. The Bertz CT molecular complexity index is 860. The van der Waals surface area contributed by atoms with Gasteiger partial charge >= 0.3 is 0 Å². The molecule has 0 atom stereocenters. The number of rotatable bonds is 10. The van der Waals surface area contributed by atoms with E-state index >= 15 is 0 Å². The van der Waals surface area contributed by atoms with Crippen LogP contribution in [0.1, 0.15) is 30.4 Å². The molecule has 156 valence electrons. The van der Waals surface area contributed by atoms with Crippen LogP contribution in [0, 0.1) is 0 Å². The lowest BCUT2D eigenvalue weighted by atomic mass is 9.95. The first kappa shape index (κ1) is 20.8. The van der Waals surface area contributed by atoms with Gasteiger partial charge in [0.2, 0.25) is 5.91 Å². The molecule has 1 N–H and O–H groups in total. The Balaban J connectivity index is 1.55. The number of carbonyl (C=O) groups is 1. The minimum atomic E-state index is -0.00144. The minimum absolute atomic E-state index is 0.00144. The van der Waals surface area contributed by atoms with Crippen molar-refractivity contribution in [3.05, 3.63) is 47.5 Å². The molecule has 1 saturated carbocycles. The first-order valence-corrected chi connectivity index (χ1v) is 9.75. The summed E-state index contributed by atoms with van der Waals surface area (Å²) in [6.07, 6.45) is 3.18. The van der Waals surface area contributed by atoms with Gasteiger partial charge in [0.05, 0.1) is 28.4 Å². The molecule has 0 aliphatic heterocycles. The fraction of sp³-hybridized carbons (Fsp3) is 0.435. The summed E-state index contributed by atoms with van der Waals surface area (Å²) in [6.45, 7) is 0.632. The molecule has 1 fully saturated rings. The van der Waals surface area contributed by atoms with E-state index in [9.17, 15) is 4.79 Å². The third-order valence-corrected chi connectivity index (χ3v) is 5.56. The second-order valence-electron chi connectivity index (χ2n) is 7.32. The lowest BCUT2D eigenvalue weighted by molar-refractivity contribution is -0.121. The van der Waals surface area contributed by atoms with Crippen LogP contribution in [0.25, 0.3) is 0 Å². The maximum Gasteiger partial charge on any atom is 0.220 e. The van der Waals surface area contributed by atoms with E-state index in [1.54, 1.807) is 28.4 Å². The molecular formula is C23H29NO5. The number of aryl methyl sites for hydroxylation is 1. The molecule has 1 aliphatic rings. The quantitative estimate of drug-likeness (QED) is 0.662. The van der Waals surface area contributed by atoms with Gasteiger partial charge in [-0.2, -0.15) is 0 Å². The smallest absolute Gasteiger partial charge is 0.220 e. The van der Waals surface area contributed by atoms with Gasteiger partial charge in [0.15, 0.2) is 23.0 Å². The lowest BCUT2D eigenvalue weighted by Gasteiger charge is -2.18. The summed E-state index contributed by atoms with van der Waals surface area (Å²) in [4.78, 5) is 12.4. The van der Waals surface area contributed by atoms with Gasteiger partial charge in [-0.1, -0.05) is 12.1 Å². The van der Waals surface area contributed by atoms with Crippen molar-refractivity contribution in [2.75, 3.05) is 35.0 Å². The number of amides is 1. The summed E-state index contributed by atoms with van der Waals surface area (Å²) in [6, 6.07) is 11.7. The number of carbonyl (C=O) groups excluding carboxylic acids is 1. The Kier molecular flexibility index (Phi) is 6.52. The fourth-order valence-electron chi connectivity index (χ4n) is 3.53. The van der Waals surface area contributed by atoms with E-state index in [4.69, 9.17) is 18.9 Å². The van der Waals surface area contributed by atoms with Gasteiger partial charge in [-0.05, 0) is 54.7 Å². The summed E-state index contributed by atoms with van der Waals surface area (Å²) in [5.41, 5.74) is 2.22. The highest BCUT2D eigenvalue weighted by Crippen LogP contribution is 2.49. The van der Waals surface area contributed by atoms with E-state index in [1.165, 1.54) is 5.56 Å². The molecule has 0 radical (unpaired) electrons. The van der Waals surface area contributed by atoms with Crippen LogP contribution in [-0.2, 0) is 16.6 Å². The SMILES string of the molecule is COc1ccc(CCC(=O)NCC2(c3ccc(OC)c(OC)c3)CC2)cc1OC. The van der Waals surface area contributed by atoms with Crippen molar-refractivity contribution < 1.29 is 23.7 Å². The Morgan fingerprint density at radius 3 is 2.03 bits per heavy atom. The van der Waals surface area contributed by atoms with Gasteiger partial charge in [0.1, 0.15) is 0 Å². The highest BCUT2D eigenvalue weighted by atomic mass is 16.5. The summed E-state index contributed by atoms with van der Waals surface area (Å²) in [7, 11) is 6.48. The van der Waals surface area contributed by atoms with E-state index in [0.29, 0.717) is 36.6 Å². The molecule has 3 rings (SSSR count). The van der Waals surface area contributed by atoms with Crippen molar-refractivity contribution in [3.8, 4) is 23.0 Å². The maximum absolute atomic E-state index is 12.4. The summed E-state index contributed by atoms with van der Waals surface area (Å²) >= 11 is 0. The molecule has 0 bridgehead atoms. The molecule has 0 heterocycles. The number of hydrogen-bond acceptors (Lipinski definition) is 5. The predicted octanol–water partition coefficient (Wildman–Crippen LogP) is 3.50. The van der Waals surface area contributed by atoms with E-state index in [0.717, 1.165) is 24.2 Å². The van der Waals surface area contributed by atoms with Crippen LogP contribution in [0.3, 0.4) is 0 Å². The second-order valence-corrected chi connectivity index (χ2v) is 7.32. The Morgan fingerprint density at radius 2 is 1.45 bits per heavy atom. The zero-order valence-corrected chi connectivity index (χ0v) is 17.5. The number of hydrogen-bond donors (Lipinski definition) is 1. The van der Waals surface area contributed by atoms with Crippen molar-refractivity contribution in [2.45, 2.75) is 31.1 Å². The van der Waals surface area contributed by atoms with Crippen LogP contribution < -0.4 is 24.3 Å². The minimum Gasteiger partial charge on any atom is -0.493 e. The van der Waals surface area contributed by atoms with Gasteiger partial charge in [0.25, 0.3) is 0 Å². The van der Waals surface area contributed by atoms with E-state index in [-0.39, 0.29) is 11.3 Å². The number of nitrogens with one attached hydrogen (secondary N) is 1. The Labute approximate surface area is 172 Å². The molecule has 0 saturated heterocycles. The number of methoxy groups -OCH3 is 4. The monoisotopic (exact) mass is 399 g/mol. The van der Waals surface area contributed by atoms with Gasteiger partial charge in [-0.25, -0.2) is 0 Å². The largest absolute Gasteiger partial charge is 0.493 e. The first-order chi connectivity index (χ1) is 14.0. The lowest BCUT2D eigenvalue weighted by Crippen LogP contribution is -2.32. The van der Waals surface area contributed by atoms with Crippen molar-refractivity contribution in [1.29, 1.82) is 0 Å². The summed E-state index contributed by atoms with van der Waals surface area (Å²) in [5.74, 6) is 2.84. The Hall–Kier alpha value is -2.89. The zero-order valence-electron chi connectivity index (χ0n) is 17.5. The summed E-state index contributed by atoms with van der Waals surface area (Å²) in [5, 5.41) is 3.10. The fourth-order valence-corrected chi connectivity index (χ4v) is 3.53. The van der Waals surface area contributed by atoms with Crippen LogP contribution >= 0.6 is 0 Å². The highest BCUT2D eigenvalue weighted by molar-refractivity contribution is 5.76. The predicted molar refractivity (Wildman–Crippen MR) is 111 cm³/mol. The van der Waals surface area contributed by atoms with Crippen LogP contribution in [0.5, 0.6) is 23.0 Å². The molecule has 0 unspecified atom stereocenters. The van der Waals surface area contributed by atoms with Crippen LogP contribution in [0.4, 0.5) is 0 Å². The maximum atomic E-state index is 12.4. The standard InChI is InChI=1S/C23H29NO5/c1-26-18-8-5-16(13-20(18)28-3)6-10-22(25)24-15-23(11-12-23)17-7-9-19(27-2)21(14-17)29-4/h5,7-9,13-14H,6,10-12,15H2,1-4H3,(H,24,25). The van der Waals surface area contributed by atoms with Crippen LogP contribution in [0.2, 0.25) is 0 Å². The second kappa shape index (κ2) is 9.07. The Morgan fingerprint density at radius 1 is 0.862 bits per heavy atom. The molecule has 6 heteroatoms. The van der Waals surface area contributed by atoms with Crippen molar-refractivity contribution >= 4 is 5.91 Å². The van der Waals surface area contributed by atoms with E-state index in [2.05, 4.69) is 11.4 Å². The molecular weight excluding hydrogens is 370 g/mol. The van der Waals surface area contributed by atoms with Crippen molar-refractivity contribution in [2.24, 2.45) is 0 Å². The first-order valence-electron chi connectivity index (χ1n) is 9.75. The zero-order chi connectivity index (χ0) is 20.9. The van der Waals surface area contributed by atoms with Crippen LogP contribution in [0.15, 0.2) is 36.4 Å². The molecule has 2 aromatic carbocycles. The van der Waals surface area contributed by atoms with E-state index in [1.807, 2.05) is 30.3 Å². The molecule has 0 spiro atoms. The topological polar surface area (TPSA) is 66.0 Å². The highest BCUT2D eigenvalue weighted by Gasteiger charge is 2.44. The van der Waals surface area contributed by atoms with Gasteiger partial charge in [-0.15, -0.1) is 0 Å². The number of ether oxygens (including phenoxy) is 4. The van der Waals surface area contributed by atoms with Crippen molar-refractivity contribution in [3.63, 3.8) is 0 Å². The van der Waals surface area contributed by atoms with E-state index < -0.39 is 0 Å². The molecule has 1 aliphatic carbocycles. The van der Waals surface area contributed by atoms with Gasteiger partial charge < -0.3 is 24.3 Å². The molecule has 29 heavy (non-hydrogen) atoms. The summed E-state index contributed by atoms with van der Waals surface area (Å²) < 4.78 is 21.3.